The minimum Gasteiger partial charge on any atom is -0.480 e. The number of fused-ring (bicyclic) bond motifs is 1. The molecule has 1 aliphatic carbocycles. The first-order chi connectivity index (χ1) is 9.16. The summed E-state index contributed by atoms with van der Waals surface area (Å²) < 4.78 is 13.2. The summed E-state index contributed by atoms with van der Waals surface area (Å²) in [7, 11) is 0. The number of piperidine rings is 1. The number of aliphatic carboxylic acids is 1. The number of likely N-dealkylation sites (tertiary alicyclic amines) is 1. The average molecular weight is 263 g/mol. The largest absolute Gasteiger partial charge is 0.480 e. The van der Waals surface area contributed by atoms with Gasteiger partial charge in [0.05, 0.1) is 0 Å². The van der Waals surface area contributed by atoms with E-state index in [-0.39, 0.29) is 17.9 Å². The summed E-state index contributed by atoms with van der Waals surface area (Å²) in [6, 6.07) is 4.67. The number of hydrogen-bond acceptors (Lipinski definition) is 2. The summed E-state index contributed by atoms with van der Waals surface area (Å²) in [5.41, 5.74) is 2.16. The second kappa shape index (κ2) is 4.93. The molecular formula is C15H18FNO2. The van der Waals surface area contributed by atoms with E-state index in [9.17, 15) is 14.3 Å². The lowest BCUT2D eigenvalue weighted by molar-refractivity contribution is -0.145. The standard InChI is InChI=1S/C15H18FNO2/c16-11-5-6-12-10(9-11)4-7-13(12)17-8-2-1-3-14(17)15(18)19/h5-6,9,13-14H,1-4,7-8H2,(H,18,19). The molecule has 4 heteroatoms. The molecule has 3 rings (SSSR count). The number of carboxylic acids is 1. The van der Waals surface area contributed by atoms with E-state index in [1.807, 2.05) is 6.07 Å². The number of nitrogens with zero attached hydrogens (tertiary/aromatic N) is 1. The van der Waals surface area contributed by atoms with Crippen molar-refractivity contribution in [3.8, 4) is 0 Å². The second-order valence-electron chi connectivity index (χ2n) is 5.49. The molecular weight excluding hydrogens is 245 g/mol. The highest BCUT2D eigenvalue weighted by atomic mass is 19.1. The minimum absolute atomic E-state index is 0.150. The Bertz CT molecular complexity index is 503. The van der Waals surface area contributed by atoms with Crippen LogP contribution < -0.4 is 0 Å². The highest BCUT2D eigenvalue weighted by Crippen LogP contribution is 2.39. The summed E-state index contributed by atoms with van der Waals surface area (Å²) in [5.74, 6) is -0.928. The van der Waals surface area contributed by atoms with Crippen molar-refractivity contribution in [2.75, 3.05) is 6.54 Å². The molecule has 1 aromatic carbocycles. The van der Waals surface area contributed by atoms with Gasteiger partial charge in [0.1, 0.15) is 11.9 Å². The Labute approximate surface area is 112 Å². The Hall–Kier alpha value is -1.42. The van der Waals surface area contributed by atoms with E-state index in [2.05, 4.69) is 4.90 Å². The summed E-state index contributed by atoms with van der Waals surface area (Å²) in [6.45, 7) is 0.832. The molecule has 1 N–H and O–H groups in total. The normalized spacial score (nSPS) is 27.2. The average Bonchev–Trinajstić information content (AvgIpc) is 2.81. The quantitative estimate of drug-likeness (QED) is 0.892. The van der Waals surface area contributed by atoms with Crippen LogP contribution in [0.4, 0.5) is 4.39 Å². The van der Waals surface area contributed by atoms with Crippen LogP contribution in [0.1, 0.15) is 42.9 Å². The third kappa shape index (κ3) is 2.25. The monoisotopic (exact) mass is 263 g/mol. The molecule has 0 aromatic heterocycles. The van der Waals surface area contributed by atoms with E-state index >= 15 is 0 Å². The van der Waals surface area contributed by atoms with Crippen LogP contribution in [0.5, 0.6) is 0 Å². The molecule has 3 nitrogen and oxygen atoms in total. The zero-order valence-corrected chi connectivity index (χ0v) is 10.8. The third-order valence-corrected chi connectivity index (χ3v) is 4.38. The van der Waals surface area contributed by atoms with Gasteiger partial charge in [0.2, 0.25) is 0 Å². The Morgan fingerprint density at radius 2 is 2.16 bits per heavy atom. The van der Waals surface area contributed by atoms with Crippen molar-refractivity contribution in [2.45, 2.75) is 44.2 Å². The molecule has 0 saturated carbocycles. The van der Waals surface area contributed by atoms with E-state index in [0.29, 0.717) is 0 Å². The van der Waals surface area contributed by atoms with E-state index < -0.39 is 5.97 Å². The molecule has 0 amide bonds. The number of rotatable bonds is 2. The second-order valence-corrected chi connectivity index (χ2v) is 5.49. The molecule has 2 unspecified atom stereocenters. The first-order valence-corrected chi connectivity index (χ1v) is 6.93. The van der Waals surface area contributed by atoms with Gasteiger partial charge in [-0.15, -0.1) is 0 Å². The van der Waals surface area contributed by atoms with Crippen LogP contribution in [0.3, 0.4) is 0 Å². The zero-order chi connectivity index (χ0) is 13.4. The summed E-state index contributed by atoms with van der Waals surface area (Å²) >= 11 is 0. The maximum Gasteiger partial charge on any atom is 0.320 e. The minimum atomic E-state index is -0.727. The van der Waals surface area contributed by atoms with Gasteiger partial charge >= 0.3 is 5.97 Å². The van der Waals surface area contributed by atoms with Gasteiger partial charge in [-0.2, -0.15) is 0 Å². The highest BCUT2D eigenvalue weighted by Gasteiger charge is 2.37. The number of aryl methyl sites for hydroxylation is 1. The predicted octanol–water partition coefficient (Wildman–Crippen LogP) is 2.75. The van der Waals surface area contributed by atoms with Gasteiger partial charge in [0, 0.05) is 6.04 Å². The van der Waals surface area contributed by atoms with Gasteiger partial charge in [0.25, 0.3) is 0 Å². The van der Waals surface area contributed by atoms with Crippen LogP contribution in [0.2, 0.25) is 0 Å². The van der Waals surface area contributed by atoms with Gasteiger partial charge in [-0.3, -0.25) is 9.69 Å². The van der Waals surface area contributed by atoms with Crippen LogP contribution >= 0.6 is 0 Å². The Balaban J connectivity index is 1.89. The first kappa shape index (κ1) is 12.6. The molecule has 2 atom stereocenters. The van der Waals surface area contributed by atoms with Gasteiger partial charge in [-0.25, -0.2) is 4.39 Å². The summed E-state index contributed by atoms with van der Waals surface area (Å²) in [5, 5.41) is 9.36. The lowest BCUT2D eigenvalue weighted by Gasteiger charge is -2.37. The number of benzene rings is 1. The number of carboxylic acid groups (broad SMARTS) is 1. The fourth-order valence-electron chi connectivity index (χ4n) is 3.50. The maximum absolute atomic E-state index is 13.2. The van der Waals surface area contributed by atoms with Crippen molar-refractivity contribution in [1.82, 2.24) is 4.90 Å². The van der Waals surface area contributed by atoms with Gasteiger partial charge in [-0.05, 0) is 55.5 Å². The van der Waals surface area contributed by atoms with Crippen molar-refractivity contribution in [3.63, 3.8) is 0 Å². The van der Waals surface area contributed by atoms with E-state index in [1.165, 1.54) is 6.07 Å². The smallest absolute Gasteiger partial charge is 0.320 e. The fourth-order valence-corrected chi connectivity index (χ4v) is 3.50. The molecule has 1 aliphatic heterocycles. The molecule has 19 heavy (non-hydrogen) atoms. The van der Waals surface area contributed by atoms with E-state index in [0.717, 1.165) is 49.8 Å². The van der Waals surface area contributed by atoms with Crippen molar-refractivity contribution in [3.05, 3.63) is 35.1 Å². The first-order valence-electron chi connectivity index (χ1n) is 6.93. The molecule has 2 aliphatic rings. The number of hydrogen-bond donors (Lipinski definition) is 1. The Morgan fingerprint density at radius 1 is 1.32 bits per heavy atom. The molecule has 0 bridgehead atoms. The number of halogens is 1. The number of carbonyl (C=O) groups is 1. The Kier molecular flexibility index (Phi) is 3.27. The van der Waals surface area contributed by atoms with Gasteiger partial charge in [-0.1, -0.05) is 12.5 Å². The molecule has 1 saturated heterocycles. The maximum atomic E-state index is 13.2. The van der Waals surface area contributed by atoms with Crippen LogP contribution in [-0.4, -0.2) is 28.6 Å². The SMILES string of the molecule is O=C(O)C1CCCCN1C1CCc2cc(F)ccc21. The van der Waals surface area contributed by atoms with Gasteiger partial charge < -0.3 is 5.11 Å². The molecule has 0 spiro atoms. The molecule has 1 heterocycles. The molecule has 0 radical (unpaired) electrons. The van der Waals surface area contributed by atoms with E-state index in [1.54, 1.807) is 6.07 Å². The van der Waals surface area contributed by atoms with Crippen LogP contribution in [0.25, 0.3) is 0 Å². The van der Waals surface area contributed by atoms with Crippen LogP contribution in [-0.2, 0) is 11.2 Å². The van der Waals surface area contributed by atoms with Crippen molar-refractivity contribution < 1.29 is 14.3 Å². The zero-order valence-electron chi connectivity index (χ0n) is 10.8. The molecule has 1 aromatic rings. The van der Waals surface area contributed by atoms with Gasteiger partial charge in [0.15, 0.2) is 0 Å². The van der Waals surface area contributed by atoms with E-state index in [4.69, 9.17) is 0 Å². The lowest BCUT2D eigenvalue weighted by Crippen LogP contribution is -2.46. The van der Waals surface area contributed by atoms with Crippen molar-refractivity contribution in [1.29, 1.82) is 0 Å². The third-order valence-electron chi connectivity index (χ3n) is 4.38. The topological polar surface area (TPSA) is 40.5 Å². The summed E-state index contributed by atoms with van der Waals surface area (Å²) in [6.07, 6.45) is 4.51. The lowest BCUT2D eigenvalue weighted by atomic mass is 9.97. The van der Waals surface area contributed by atoms with Crippen LogP contribution in [0.15, 0.2) is 18.2 Å². The Morgan fingerprint density at radius 3 is 2.95 bits per heavy atom. The summed E-state index contributed by atoms with van der Waals surface area (Å²) in [4.78, 5) is 13.5. The van der Waals surface area contributed by atoms with Crippen LogP contribution in [0, 0.1) is 5.82 Å². The molecule has 102 valence electrons. The van der Waals surface area contributed by atoms with Crippen molar-refractivity contribution in [2.24, 2.45) is 0 Å². The predicted molar refractivity (Wildman–Crippen MR) is 69.4 cm³/mol. The van der Waals surface area contributed by atoms with Crippen molar-refractivity contribution >= 4 is 5.97 Å². The molecule has 1 fully saturated rings. The highest BCUT2D eigenvalue weighted by molar-refractivity contribution is 5.73. The fraction of sp³-hybridized carbons (Fsp3) is 0.533.